The molecule has 0 radical (unpaired) electrons. The third-order valence-electron chi connectivity index (χ3n) is 4.50. The van der Waals surface area contributed by atoms with E-state index in [1.54, 1.807) is 25.3 Å². The lowest BCUT2D eigenvalue weighted by Gasteiger charge is -2.47. The maximum atomic E-state index is 9.51. The molecule has 1 saturated heterocycles. The summed E-state index contributed by atoms with van der Waals surface area (Å²) in [7, 11) is -0.0324. The first kappa shape index (κ1) is 14.7. The second-order valence-electron chi connectivity index (χ2n) is 5.90. The summed E-state index contributed by atoms with van der Waals surface area (Å²) in [4.78, 5) is 0. The molecule has 1 aliphatic carbocycles. The Morgan fingerprint density at radius 1 is 1.33 bits per heavy atom. The van der Waals surface area contributed by atoms with Crippen LogP contribution in [0.3, 0.4) is 0 Å². The molecular weight excluding hydrogens is 271 g/mol. The van der Waals surface area contributed by atoms with Crippen LogP contribution in [0.2, 0.25) is 0 Å². The van der Waals surface area contributed by atoms with Crippen LogP contribution in [0.5, 0.6) is 11.5 Å². The van der Waals surface area contributed by atoms with Gasteiger partial charge in [-0.15, -0.1) is 0 Å². The van der Waals surface area contributed by atoms with Gasteiger partial charge in [-0.25, -0.2) is 0 Å². The van der Waals surface area contributed by atoms with Crippen LogP contribution in [-0.2, 0) is 4.74 Å². The monoisotopic (exact) mass is 292 g/mol. The van der Waals surface area contributed by atoms with Crippen molar-refractivity contribution in [3.63, 3.8) is 0 Å². The van der Waals surface area contributed by atoms with Crippen LogP contribution >= 0.6 is 0 Å². The normalized spacial score (nSPS) is 23.5. The molecule has 2 N–H and O–H groups in total. The Morgan fingerprint density at radius 2 is 2.14 bits per heavy atom. The van der Waals surface area contributed by atoms with E-state index in [-0.39, 0.29) is 11.7 Å². The van der Waals surface area contributed by atoms with Gasteiger partial charge in [0.05, 0.1) is 19.3 Å². The number of ether oxygens (including phenoxy) is 3. The molecule has 3 rings (SSSR count). The molecule has 5 nitrogen and oxygen atoms in total. The fourth-order valence-corrected chi connectivity index (χ4v) is 3.15. The third-order valence-corrected chi connectivity index (χ3v) is 4.50. The van der Waals surface area contributed by atoms with E-state index >= 15 is 0 Å². The molecule has 1 unspecified atom stereocenters. The van der Waals surface area contributed by atoms with Crippen LogP contribution in [0.4, 0.5) is 0 Å². The molecule has 6 heteroatoms. The largest absolute Gasteiger partial charge is 0.497 e. The first-order valence-electron chi connectivity index (χ1n) is 7.47. The topological polar surface area (TPSA) is 68.2 Å². The summed E-state index contributed by atoms with van der Waals surface area (Å²) in [6.45, 7) is 0.706. The van der Waals surface area contributed by atoms with Gasteiger partial charge < -0.3 is 24.3 Å². The van der Waals surface area contributed by atoms with Gasteiger partial charge >= 0.3 is 7.12 Å². The zero-order valence-electron chi connectivity index (χ0n) is 12.2. The lowest BCUT2D eigenvalue weighted by molar-refractivity contribution is -0.153. The average molecular weight is 292 g/mol. The molecule has 1 atom stereocenters. The quantitative estimate of drug-likeness (QED) is 0.805. The Balaban J connectivity index is 1.74. The number of hydrogen-bond acceptors (Lipinski definition) is 5. The van der Waals surface area contributed by atoms with E-state index < -0.39 is 7.12 Å². The second-order valence-corrected chi connectivity index (χ2v) is 5.90. The van der Waals surface area contributed by atoms with Crippen LogP contribution in [0, 0.1) is 0 Å². The van der Waals surface area contributed by atoms with Gasteiger partial charge in [0, 0.05) is 18.3 Å². The van der Waals surface area contributed by atoms with E-state index in [2.05, 4.69) is 0 Å². The smallest absolute Gasteiger partial charge is 0.492 e. The zero-order chi connectivity index (χ0) is 14.9. The van der Waals surface area contributed by atoms with Crippen molar-refractivity contribution in [2.24, 2.45) is 0 Å². The van der Waals surface area contributed by atoms with E-state index in [4.69, 9.17) is 14.2 Å². The Morgan fingerprint density at radius 3 is 2.76 bits per heavy atom. The molecule has 114 valence electrons. The molecule has 1 heterocycles. The summed E-state index contributed by atoms with van der Waals surface area (Å²) < 4.78 is 17.0. The lowest BCUT2D eigenvalue weighted by Crippen LogP contribution is -2.49. The minimum atomic E-state index is -1.58. The van der Waals surface area contributed by atoms with Gasteiger partial charge in [0.2, 0.25) is 0 Å². The molecule has 1 spiro atoms. The molecule has 1 aliphatic heterocycles. The van der Waals surface area contributed by atoms with Crippen LogP contribution < -0.4 is 14.9 Å². The molecule has 0 aromatic heterocycles. The number of hydrogen-bond donors (Lipinski definition) is 2. The summed E-state index contributed by atoms with van der Waals surface area (Å²) in [5.74, 6) is 1.08. The van der Waals surface area contributed by atoms with Crippen LogP contribution in [0.15, 0.2) is 18.2 Å². The van der Waals surface area contributed by atoms with Gasteiger partial charge in [-0.2, -0.15) is 0 Å². The van der Waals surface area contributed by atoms with E-state index in [1.807, 2.05) is 0 Å². The Hall–Kier alpha value is -1.24. The van der Waals surface area contributed by atoms with Crippen molar-refractivity contribution >= 4 is 12.6 Å². The highest BCUT2D eigenvalue weighted by Crippen LogP contribution is 2.43. The van der Waals surface area contributed by atoms with Crippen molar-refractivity contribution in [2.45, 2.75) is 43.8 Å². The number of methoxy groups -OCH3 is 1. The van der Waals surface area contributed by atoms with Gasteiger partial charge in [-0.3, -0.25) is 0 Å². The molecule has 2 fully saturated rings. The predicted molar refractivity (Wildman–Crippen MR) is 79.0 cm³/mol. The fraction of sp³-hybridized carbons (Fsp3) is 0.600. The highest BCUT2D eigenvalue weighted by molar-refractivity contribution is 6.59. The first-order chi connectivity index (χ1) is 10.1. The molecule has 1 aromatic carbocycles. The van der Waals surface area contributed by atoms with Crippen molar-refractivity contribution in [1.29, 1.82) is 0 Å². The van der Waals surface area contributed by atoms with Crippen LogP contribution in [0.25, 0.3) is 0 Å². The van der Waals surface area contributed by atoms with Crippen molar-refractivity contribution < 1.29 is 24.3 Å². The summed E-state index contributed by atoms with van der Waals surface area (Å²) in [5, 5.41) is 19.0. The molecule has 0 amide bonds. The van der Waals surface area contributed by atoms with E-state index in [0.29, 0.717) is 23.6 Å². The fourth-order valence-electron chi connectivity index (χ4n) is 3.15. The maximum absolute atomic E-state index is 9.51. The average Bonchev–Trinajstić information content (AvgIpc) is 2.46. The van der Waals surface area contributed by atoms with Crippen molar-refractivity contribution in [3.05, 3.63) is 18.2 Å². The number of benzene rings is 1. The molecule has 1 aromatic rings. The van der Waals surface area contributed by atoms with Crippen molar-refractivity contribution in [2.75, 3.05) is 13.7 Å². The summed E-state index contributed by atoms with van der Waals surface area (Å²) in [6, 6.07) is 5.09. The van der Waals surface area contributed by atoms with E-state index in [0.717, 1.165) is 25.7 Å². The predicted octanol–water partition coefficient (Wildman–Crippen LogP) is 0.855. The maximum Gasteiger partial charge on any atom is 0.492 e. The highest BCUT2D eigenvalue weighted by atomic mass is 16.5. The molecule has 0 bridgehead atoms. The molecule has 21 heavy (non-hydrogen) atoms. The van der Waals surface area contributed by atoms with Crippen LogP contribution in [0.1, 0.15) is 32.1 Å². The summed E-state index contributed by atoms with van der Waals surface area (Å²) in [5.41, 5.74) is 0.344. The van der Waals surface area contributed by atoms with Gasteiger partial charge in [0.15, 0.2) is 0 Å². The second kappa shape index (κ2) is 5.87. The molecule has 2 aliphatic rings. The minimum absolute atomic E-state index is 0.00732. The molecular formula is C15H21BO5. The minimum Gasteiger partial charge on any atom is -0.497 e. The van der Waals surface area contributed by atoms with E-state index in [9.17, 15) is 10.0 Å². The standard InChI is InChI=1S/C15H21BO5/c1-19-11-3-4-14(13(9-11)16(17)18)21-12-5-8-20-15(10-12)6-2-7-15/h3-4,9,12,17-18H,2,5-8,10H2,1H3. The van der Waals surface area contributed by atoms with Crippen molar-refractivity contribution in [3.8, 4) is 11.5 Å². The highest BCUT2D eigenvalue weighted by Gasteiger charge is 2.43. The molecule has 1 saturated carbocycles. The Bertz CT molecular complexity index is 501. The van der Waals surface area contributed by atoms with Crippen molar-refractivity contribution in [1.82, 2.24) is 0 Å². The summed E-state index contributed by atoms with van der Waals surface area (Å²) >= 11 is 0. The summed E-state index contributed by atoms with van der Waals surface area (Å²) in [6.07, 6.45) is 5.19. The van der Waals surface area contributed by atoms with E-state index in [1.165, 1.54) is 6.42 Å². The van der Waals surface area contributed by atoms with Crippen LogP contribution in [-0.4, -0.2) is 42.6 Å². The number of rotatable bonds is 4. The van der Waals surface area contributed by atoms with Gasteiger partial charge in [-0.1, -0.05) is 0 Å². The van der Waals surface area contributed by atoms with Gasteiger partial charge in [-0.05, 0) is 37.5 Å². The Kier molecular flexibility index (Phi) is 4.11. The Labute approximate surface area is 125 Å². The SMILES string of the molecule is COc1ccc(OC2CCOC3(CCC3)C2)c(B(O)O)c1. The third kappa shape index (κ3) is 3.02. The zero-order valence-corrected chi connectivity index (χ0v) is 12.2. The first-order valence-corrected chi connectivity index (χ1v) is 7.47. The lowest BCUT2D eigenvalue weighted by atomic mass is 9.74. The van der Waals surface area contributed by atoms with Gasteiger partial charge in [0.1, 0.15) is 17.6 Å². The van der Waals surface area contributed by atoms with Gasteiger partial charge in [0.25, 0.3) is 0 Å².